The van der Waals surface area contributed by atoms with Crippen LogP contribution in [0.5, 0.6) is 0 Å². The Morgan fingerprint density at radius 2 is 2.08 bits per heavy atom. The molecule has 1 fully saturated rings. The molecule has 25 heavy (non-hydrogen) atoms. The van der Waals surface area contributed by atoms with Gasteiger partial charge < -0.3 is 10.6 Å². The van der Waals surface area contributed by atoms with E-state index in [9.17, 15) is 14.0 Å². The predicted molar refractivity (Wildman–Crippen MR) is 94.8 cm³/mol. The van der Waals surface area contributed by atoms with Crippen molar-refractivity contribution < 1.29 is 14.0 Å². The number of amides is 2. The molecule has 5 heteroatoms. The largest absolute Gasteiger partial charge is 0.325 e. The van der Waals surface area contributed by atoms with Crippen molar-refractivity contribution in [3.05, 3.63) is 65.0 Å². The zero-order valence-corrected chi connectivity index (χ0v) is 13.7. The number of anilines is 2. The van der Waals surface area contributed by atoms with E-state index in [4.69, 9.17) is 0 Å². The standard InChI is InChI=1S/C20H17FN2O2/c1-12-15(21)3-2-4-16(12)22-18(24)8-6-13-5-7-14-17(11-13)23-19(25)20(14)9-10-20/h2-8,11H,9-10H2,1H3,(H,22,24)(H,23,25)/b8-6+. The zero-order chi connectivity index (χ0) is 17.6. The summed E-state index contributed by atoms with van der Waals surface area (Å²) in [6.45, 7) is 1.62. The van der Waals surface area contributed by atoms with Crippen LogP contribution in [0, 0.1) is 12.7 Å². The lowest BCUT2D eigenvalue weighted by molar-refractivity contribution is -0.118. The lowest BCUT2D eigenvalue weighted by atomic mass is 9.96. The number of nitrogens with one attached hydrogen (secondary N) is 2. The van der Waals surface area contributed by atoms with Gasteiger partial charge in [0.25, 0.3) is 0 Å². The van der Waals surface area contributed by atoms with Crippen molar-refractivity contribution in [1.82, 2.24) is 0 Å². The van der Waals surface area contributed by atoms with Crippen LogP contribution in [0.15, 0.2) is 42.5 Å². The molecule has 0 bridgehead atoms. The van der Waals surface area contributed by atoms with Crippen LogP contribution < -0.4 is 10.6 Å². The number of halogens is 1. The van der Waals surface area contributed by atoms with E-state index in [0.717, 1.165) is 29.7 Å². The second-order valence-corrected chi connectivity index (χ2v) is 6.58. The molecule has 2 aromatic carbocycles. The summed E-state index contributed by atoms with van der Waals surface area (Å²) in [5.41, 5.74) is 3.25. The van der Waals surface area contributed by atoms with E-state index in [1.54, 1.807) is 25.1 Å². The molecule has 0 saturated heterocycles. The number of carbonyl (C=O) groups excluding carboxylic acids is 2. The molecule has 0 radical (unpaired) electrons. The Labute approximate surface area is 144 Å². The second kappa shape index (κ2) is 5.55. The van der Waals surface area contributed by atoms with Crippen LogP contribution in [0.25, 0.3) is 6.08 Å². The maximum Gasteiger partial charge on any atom is 0.248 e. The molecule has 4 rings (SSSR count). The molecule has 2 N–H and O–H groups in total. The summed E-state index contributed by atoms with van der Waals surface area (Å²) in [7, 11) is 0. The van der Waals surface area contributed by atoms with Gasteiger partial charge in [-0.3, -0.25) is 9.59 Å². The number of benzene rings is 2. The number of rotatable bonds is 3. The average molecular weight is 336 g/mol. The smallest absolute Gasteiger partial charge is 0.248 e. The van der Waals surface area contributed by atoms with Crippen molar-refractivity contribution >= 4 is 29.3 Å². The highest BCUT2D eigenvalue weighted by atomic mass is 19.1. The minimum Gasteiger partial charge on any atom is -0.325 e. The topological polar surface area (TPSA) is 58.2 Å². The van der Waals surface area contributed by atoms with Crippen molar-refractivity contribution in [2.45, 2.75) is 25.2 Å². The van der Waals surface area contributed by atoms with E-state index in [1.807, 2.05) is 18.2 Å². The molecule has 1 heterocycles. The Morgan fingerprint density at radius 3 is 2.84 bits per heavy atom. The normalized spacial score (nSPS) is 16.8. The number of carbonyl (C=O) groups is 2. The number of hydrogen-bond acceptors (Lipinski definition) is 2. The van der Waals surface area contributed by atoms with Crippen LogP contribution >= 0.6 is 0 Å². The van der Waals surface area contributed by atoms with Gasteiger partial charge in [0.05, 0.1) is 5.41 Å². The molecule has 0 unspecified atom stereocenters. The van der Waals surface area contributed by atoms with Gasteiger partial charge >= 0.3 is 0 Å². The van der Waals surface area contributed by atoms with Gasteiger partial charge in [0, 0.05) is 23.0 Å². The third-order valence-electron chi connectivity index (χ3n) is 4.94. The van der Waals surface area contributed by atoms with Crippen molar-refractivity contribution in [3.8, 4) is 0 Å². The van der Waals surface area contributed by atoms with Gasteiger partial charge in [0.1, 0.15) is 5.82 Å². The van der Waals surface area contributed by atoms with E-state index in [1.165, 1.54) is 12.1 Å². The fourth-order valence-corrected chi connectivity index (χ4v) is 3.26. The van der Waals surface area contributed by atoms with Crippen molar-refractivity contribution in [1.29, 1.82) is 0 Å². The molecule has 1 aliphatic heterocycles. The molecular weight excluding hydrogens is 319 g/mol. The predicted octanol–water partition coefficient (Wildman–Crippen LogP) is 3.77. The molecule has 2 aliphatic rings. The Bertz CT molecular complexity index is 929. The molecule has 0 atom stereocenters. The van der Waals surface area contributed by atoms with Gasteiger partial charge in [-0.15, -0.1) is 0 Å². The molecule has 1 saturated carbocycles. The Morgan fingerprint density at radius 1 is 1.28 bits per heavy atom. The fraction of sp³-hybridized carbons (Fsp3) is 0.200. The van der Waals surface area contributed by atoms with Gasteiger partial charge in [0.15, 0.2) is 0 Å². The maximum absolute atomic E-state index is 13.5. The van der Waals surface area contributed by atoms with E-state index in [2.05, 4.69) is 10.6 Å². The van der Waals surface area contributed by atoms with Crippen molar-refractivity contribution in [2.24, 2.45) is 0 Å². The lowest BCUT2D eigenvalue weighted by Gasteiger charge is -2.07. The first-order valence-electron chi connectivity index (χ1n) is 8.20. The molecule has 2 amide bonds. The summed E-state index contributed by atoms with van der Waals surface area (Å²) in [5, 5.41) is 5.58. The fourth-order valence-electron chi connectivity index (χ4n) is 3.26. The zero-order valence-electron chi connectivity index (χ0n) is 13.7. The maximum atomic E-state index is 13.5. The Kier molecular flexibility index (Phi) is 3.46. The lowest BCUT2D eigenvalue weighted by Crippen LogP contribution is -2.18. The molecule has 126 valence electrons. The van der Waals surface area contributed by atoms with Gasteiger partial charge in [-0.05, 0) is 55.2 Å². The SMILES string of the molecule is Cc1c(F)cccc1NC(=O)/C=C/c1ccc2c(c1)NC(=O)C21CC1. The summed E-state index contributed by atoms with van der Waals surface area (Å²) < 4.78 is 13.5. The third kappa shape index (κ3) is 2.61. The Balaban J connectivity index is 1.49. The van der Waals surface area contributed by atoms with E-state index < -0.39 is 0 Å². The van der Waals surface area contributed by atoms with E-state index in [-0.39, 0.29) is 23.0 Å². The van der Waals surface area contributed by atoms with Gasteiger partial charge in [-0.1, -0.05) is 18.2 Å². The van der Waals surface area contributed by atoms with Crippen LogP contribution in [0.4, 0.5) is 15.8 Å². The highest BCUT2D eigenvalue weighted by molar-refractivity contribution is 6.08. The number of fused-ring (bicyclic) bond motifs is 2. The van der Waals surface area contributed by atoms with Crippen molar-refractivity contribution in [3.63, 3.8) is 0 Å². The third-order valence-corrected chi connectivity index (χ3v) is 4.94. The van der Waals surface area contributed by atoms with Crippen LogP contribution in [-0.2, 0) is 15.0 Å². The second-order valence-electron chi connectivity index (χ2n) is 6.58. The molecule has 0 aromatic heterocycles. The minimum absolute atomic E-state index is 0.0722. The average Bonchev–Trinajstić information content (AvgIpc) is 3.34. The first-order chi connectivity index (χ1) is 12.0. The minimum atomic E-state index is -0.356. The monoisotopic (exact) mass is 336 g/mol. The van der Waals surface area contributed by atoms with E-state index in [0.29, 0.717) is 11.3 Å². The molecular formula is C20H17FN2O2. The van der Waals surface area contributed by atoms with Gasteiger partial charge in [-0.2, -0.15) is 0 Å². The van der Waals surface area contributed by atoms with Gasteiger partial charge in [-0.25, -0.2) is 4.39 Å². The van der Waals surface area contributed by atoms with Crippen LogP contribution in [0.2, 0.25) is 0 Å². The molecule has 2 aromatic rings. The molecule has 1 spiro atoms. The van der Waals surface area contributed by atoms with Crippen LogP contribution in [0.1, 0.15) is 29.5 Å². The van der Waals surface area contributed by atoms with Crippen LogP contribution in [0.3, 0.4) is 0 Å². The first-order valence-corrected chi connectivity index (χ1v) is 8.20. The van der Waals surface area contributed by atoms with Gasteiger partial charge in [0.2, 0.25) is 11.8 Å². The summed E-state index contributed by atoms with van der Waals surface area (Å²) >= 11 is 0. The summed E-state index contributed by atoms with van der Waals surface area (Å²) in [6.07, 6.45) is 4.87. The van der Waals surface area contributed by atoms with Crippen LogP contribution in [-0.4, -0.2) is 11.8 Å². The summed E-state index contributed by atoms with van der Waals surface area (Å²) in [4.78, 5) is 24.1. The van der Waals surface area contributed by atoms with E-state index >= 15 is 0 Å². The highest BCUT2D eigenvalue weighted by Gasteiger charge is 2.56. The quantitative estimate of drug-likeness (QED) is 0.838. The summed E-state index contributed by atoms with van der Waals surface area (Å²) in [5.74, 6) is -0.620. The first kappa shape index (κ1) is 15.6. The highest BCUT2D eigenvalue weighted by Crippen LogP contribution is 2.55. The molecule has 4 nitrogen and oxygen atoms in total. The Hall–Kier alpha value is -2.95. The number of hydrogen-bond donors (Lipinski definition) is 2. The summed E-state index contributed by atoms with van der Waals surface area (Å²) in [6, 6.07) is 10.3. The molecule has 1 aliphatic carbocycles. The van der Waals surface area contributed by atoms with Crippen molar-refractivity contribution in [2.75, 3.05) is 10.6 Å².